The Kier molecular flexibility index (Phi) is 5.26. The van der Waals surface area contributed by atoms with Gasteiger partial charge in [-0.15, -0.1) is 0 Å². The zero-order chi connectivity index (χ0) is 15.2. The summed E-state index contributed by atoms with van der Waals surface area (Å²) in [5.74, 6) is -0.110. The molecule has 1 aliphatic rings. The van der Waals surface area contributed by atoms with Crippen LogP contribution in [0.5, 0.6) is 0 Å². The Balaban J connectivity index is 2.02. The molecule has 1 saturated heterocycles. The van der Waals surface area contributed by atoms with E-state index in [0.717, 1.165) is 32.4 Å². The molecule has 0 saturated carbocycles. The number of aryl methyl sites for hydroxylation is 1. The van der Waals surface area contributed by atoms with Crippen LogP contribution in [0.15, 0.2) is 0 Å². The van der Waals surface area contributed by atoms with Crippen molar-refractivity contribution in [3.8, 4) is 0 Å². The first-order valence-electron chi connectivity index (χ1n) is 7.34. The molecule has 21 heavy (non-hydrogen) atoms. The number of H-pyrrole nitrogens is 1. The van der Waals surface area contributed by atoms with Gasteiger partial charge in [0.15, 0.2) is 0 Å². The van der Waals surface area contributed by atoms with Gasteiger partial charge in [-0.1, -0.05) is 13.3 Å². The summed E-state index contributed by atoms with van der Waals surface area (Å²) < 4.78 is 0. The third-order valence-corrected chi connectivity index (χ3v) is 3.66. The predicted molar refractivity (Wildman–Crippen MR) is 77.2 cm³/mol. The lowest BCUT2D eigenvalue weighted by atomic mass is 10.00. The van der Waals surface area contributed by atoms with Gasteiger partial charge in [0, 0.05) is 6.54 Å². The molecular weight excluding hydrogens is 274 g/mol. The lowest BCUT2D eigenvalue weighted by molar-refractivity contribution is -0.385. The van der Waals surface area contributed by atoms with Crippen LogP contribution in [-0.4, -0.2) is 40.7 Å². The molecule has 0 aliphatic carbocycles. The zero-order valence-electron chi connectivity index (χ0n) is 12.1. The number of rotatable bonds is 6. The Bertz CT molecular complexity index is 508. The predicted octanol–water partition coefficient (Wildman–Crippen LogP) is 1.000. The first-order valence-corrected chi connectivity index (χ1v) is 7.34. The normalized spacial score (nSPS) is 18.4. The van der Waals surface area contributed by atoms with Crippen LogP contribution in [0.2, 0.25) is 0 Å². The quantitative estimate of drug-likeness (QED) is 0.535. The maximum absolute atomic E-state index is 12.1. The maximum Gasteiger partial charge on any atom is 0.322 e. The van der Waals surface area contributed by atoms with E-state index in [1.165, 1.54) is 0 Å². The van der Waals surface area contributed by atoms with Crippen LogP contribution in [0.4, 0.5) is 5.69 Å². The molecule has 1 fully saturated rings. The lowest BCUT2D eigenvalue weighted by Crippen LogP contribution is -2.38. The minimum absolute atomic E-state index is 0.118. The molecule has 0 aromatic carbocycles. The molecule has 3 N–H and O–H groups in total. The van der Waals surface area contributed by atoms with E-state index in [2.05, 4.69) is 20.8 Å². The fourth-order valence-corrected chi connectivity index (χ4v) is 2.57. The summed E-state index contributed by atoms with van der Waals surface area (Å²) in [7, 11) is 0. The molecule has 1 amide bonds. The Morgan fingerprint density at radius 1 is 1.57 bits per heavy atom. The standard InChI is InChI=1S/C13H21N5O3/c1-2-4-10-12(18(20)21)11(17-16-10)13(19)15-8-9-5-3-6-14-7-9/h9,14H,2-8H2,1H3,(H,15,19)(H,16,17). The molecule has 0 radical (unpaired) electrons. The fourth-order valence-electron chi connectivity index (χ4n) is 2.57. The van der Waals surface area contributed by atoms with E-state index in [-0.39, 0.29) is 11.4 Å². The average Bonchev–Trinajstić information content (AvgIpc) is 2.90. The second kappa shape index (κ2) is 7.16. The number of amides is 1. The van der Waals surface area contributed by atoms with Crippen LogP contribution in [0.1, 0.15) is 42.4 Å². The number of carbonyl (C=O) groups excluding carboxylic acids is 1. The molecule has 1 aliphatic heterocycles. The topological polar surface area (TPSA) is 113 Å². The highest BCUT2D eigenvalue weighted by Crippen LogP contribution is 2.22. The number of hydrogen-bond donors (Lipinski definition) is 3. The summed E-state index contributed by atoms with van der Waals surface area (Å²) in [6.07, 6.45) is 3.39. The third kappa shape index (κ3) is 3.78. The van der Waals surface area contributed by atoms with Gasteiger partial charge in [-0.25, -0.2) is 0 Å². The molecule has 1 unspecified atom stereocenters. The molecule has 116 valence electrons. The van der Waals surface area contributed by atoms with Gasteiger partial charge in [0.1, 0.15) is 5.69 Å². The van der Waals surface area contributed by atoms with E-state index in [9.17, 15) is 14.9 Å². The van der Waals surface area contributed by atoms with Crippen molar-refractivity contribution in [3.63, 3.8) is 0 Å². The third-order valence-electron chi connectivity index (χ3n) is 3.66. The van der Waals surface area contributed by atoms with E-state index >= 15 is 0 Å². The van der Waals surface area contributed by atoms with E-state index < -0.39 is 10.8 Å². The van der Waals surface area contributed by atoms with E-state index in [4.69, 9.17) is 0 Å². The number of aromatic nitrogens is 2. The van der Waals surface area contributed by atoms with Gasteiger partial charge in [0.25, 0.3) is 5.91 Å². The number of nitro groups is 1. The molecule has 0 bridgehead atoms. The van der Waals surface area contributed by atoms with Crippen molar-refractivity contribution < 1.29 is 9.72 Å². The summed E-state index contributed by atoms with van der Waals surface area (Å²) in [6.45, 7) is 4.30. The monoisotopic (exact) mass is 295 g/mol. The number of nitrogens with one attached hydrogen (secondary N) is 3. The second-order valence-electron chi connectivity index (χ2n) is 5.33. The summed E-state index contributed by atoms with van der Waals surface area (Å²) in [4.78, 5) is 22.7. The second-order valence-corrected chi connectivity index (χ2v) is 5.33. The summed E-state index contributed by atoms with van der Waals surface area (Å²) >= 11 is 0. The van der Waals surface area contributed by atoms with Crippen molar-refractivity contribution in [2.45, 2.75) is 32.6 Å². The summed E-state index contributed by atoms with van der Waals surface area (Å²) in [5.41, 5.74) is 0.0929. The van der Waals surface area contributed by atoms with Gasteiger partial charge < -0.3 is 10.6 Å². The average molecular weight is 295 g/mol. The molecule has 1 atom stereocenters. The summed E-state index contributed by atoms with van der Waals surface area (Å²) in [5, 5.41) is 23.6. The molecule has 0 spiro atoms. The van der Waals surface area contributed by atoms with Crippen LogP contribution in [0, 0.1) is 16.0 Å². The van der Waals surface area contributed by atoms with Crippen molar-refractivity contribution in [1.82, 2.24) is 20.8 Å². The smallest absolute Gasteiger partial charge is 0.322 e. The van der Waals surface area contributed by atoms with Crippen LogP contribution in [0.3, 0.4) is 0 Å². The molecule has 1 aromatic heterocycles. The SMILES string of the molecule is CCCc1[nH]nc(C(=O)NCC2CCCNC2)c1[N+](=O)[O-]. The van der Waals surface area contributed by atoms with Crippen molar-refractivity contribution in [3.05, 3.63) is 21.5 Å². The highest BCUT2D eigenvalue weighted by Gasteiger charge is 2.28. The largest absolute Gasteiger partial charge is 0.350 e. The van der Waals surface area contributed by atoms with Crippen LogP contribution in [-0.2, 0) is 6.42 Å². The number of carbonyl (C=O) groups is 1. The number of piperidine rings is 1. The van der Waals surface area contributed by atoms with Gasteiger partial charge in [0.05, 0.1) is 4.92 Å². The van der Waals surface area contributed by atoms with Crippen LogP contribution in [0.25, 0.3) is 0 Å². The van der Waals surface area contributed by atoms with Crippen molar-refractivity contribution >= 4 is 11.6 Å². The van der Waals surface area contributed by atoms with Crippen LogP contribution >= 0.6 is 0 Å². The molecule has 1 aromatic rings. The van der Waals surface area contributed by atoms with E-state index in [1.807, 2.05) is 6.92 Å². The first-order chi connectivity index (χ1) is 10.1. The van der Waals surface area contributed by atoms with Crippen molar-refractivity contribution in [2.75, 3.05) is 19.6 Å². The molecule has 2 rings (SSSR count). The Hall–Kier alpha value is -1.96. The maximum atomic E-state index is 12.1. The van der Waals surface area contributed by atoms with Crippen molar-refractivity contribution in [2.24, 2.45) is 5.92 Å². The summed E-state index contributed by atoms with van der Waals surface area (Å²) in [6, 6.07) is 0. The molecular formula is C13H21N5O3. The first kappa shape index (κ1) is 15.4. The molecule has 8 nitrogen and oxygen atoms in total. The molecule has 8 heteroatoms. The highest BCUT2D eigenvalue weighted by molar-refractivity contribution is 5.96. The van der Waals surface area contributed by atoms with Crippen LogP contribution < -0.4 is 10.6 Å². The van der Waals surface area contributed by atoms with E-state index in [0.29, 0.717) is 24.6 Å². The van der Waals surface area contributed by atoms with Gasteiger partial charge in [-0.3, -0.25) is 20.0 Å². The number of hydrogen-bond acceptors (Lipinski definition) is 5. The molecule has 2 heterocycles. The number of nitrogens with zero attached hydrogens (tertiary/aromatic N) is 2. The van der Waals surface area contributed by atoms with E-state index in [1.54, 1.807) is 0 Å². The van der Waals surface area contributed by atoms with Gasteiger partial charge in [-0.05, 0) is 38.3 Å². The highest BCUT2D eigenvalue weighted by atomic mass is 16.6. The minimum Gasteiger partial charge on any atom is -0.350 e. The minimum atomic E-state index is -0.536. The van der Waals surface area contributed by atoms with Gasteiger partial charge >= 0.3 is 5.69 Å². The Morgan fingerprint density at radius 3 is 3.00 bits per heavy atom. The fraction of sp³-hybridized carbons (Fsp3) is 0.692. The lowest BCUT2D eigenvalue weighted by Gasteiger charge is -2.22. The number of aromatic amines is 1. The van der Waals surface area contributed by atoms with Crippen molar-refractivity contribution in [1.29, 1.82) is 0 Å². The van der Waals surface area contributed by atoms with Gasteiger partial charge in [-0.2, -0.15) is 5.10 Å². The Morgan fingerprint density at radius 2 is 2.38 bits per heavy atom. The van der Waals surface area contributed by atoms with Gasteiger partial charge in [0.2, 0.25) is 5.69 Å². The Labute approximate surface area is 122 Å². The zero-order valence-corrected chi connectivity index (χ0v) is 12.1.